The Bertz CT molecular complexity index is 269. The standard InChI is InChI=1S/C8H6N2O/c1-2-5-9-7(3-1)8-4-6-11-10-8/h1-3,5H,4H2. The van der Waals surface area contributed by atoms with Crippen LogP contribution >= 0.6 is 0 Å². The maximum Gasteiger partial charge on any atom is 0.236 e. The van der Waals surface area contributed by atoms with Crippen LogP contribution in [0.2, 0.25) is 0 Å². The van der Waals surface area contributed by atoms with Gasteiger partial charge in [-0.05, 0) is 12.1 Å². The van der Waals surface area contributed by atoms with Crippen LogP contribution in [0, 0.1) is 6.61 Å². The zero-order valence-electron chi connectivity index (χ0n) is 5.82. The molecule has 0 spiro atoms. The molecule has 2 radical (unpaired) electrons. The summed E-state index contributed by atoms with van der Waals surface area (Å²) in [6.45, 7) is 2.63. The predicted molar refractivity (Wildman–Crippen MR) is 39.7 cm³/mol. The Balaban J connectivity index is 2.29. The van der Waals surface area contributed by atoms with E-state index in [9.17, 15) is 0 Å². The average Bonchev–Trinajstić information content (AvgIpc) is 2.58. The molecule has 0 saturated carbocycles. The van der Waals surface area contributed by atoms with E-state index in [-0.39, 0.29) is 0 Å². The first-order chi connectivity index (χ1) is 5.47. The van der Waals surface area contributed by atoms with Gasteiger partial charge >= 0.3 is 0 Å². The zero-order chi connectivity index (χ0) is 7.52. The second-order valence-corrected chi connectivity index (χ2v) is 2.17. The Morgan fingerprint density at radius 3 is 3.09 bits per heavy atom. The first-order valence-electron chi connectivity index (χ1n) is 3.34. The summed E-state index contributed by atoms with van der Waals surface area (Å²) in [5, 5.41) is 3.75. The van der Waals surface area contributed by atoms with E-state index < -0.39 is 0 Å². The molecule has 0 fully saturated rings. The lowest BCUT2D eigenvalue weighted by Crippen LogP contribution is -1.98. The Morgan fingerprint density at radius 2 is 2.45 bits per heavy atom. The third-order valence-corrected chi connectivity index (χ3v) is 1.42. The molecule has 1 aliphatic rings. The zero-order valence-corrected chi connectivity index (χ0v) is 5.82. The fourth-order valence-corrected chi connectivity index (χ4v) is 0.891. The van der Waals surface area contributed by atoms with Crippen LogP contribution in [-0.4, -0.2) is 10.7 Å². The average molecular weight is 146 g/mol. The van der Waals surface area contributed by atoms with Crippen molar-refractivity contribution in [1.29, 1.82) is 0 Å². The topological polar surface area (TPSA) is 34.5 Å². The van der Waals surface area contributed by atoms with Crippen molar-refractivity contribution < 1.29 is 4.84 Å². The molecule has 3 nitrogen and oxygen atoms in total. The van der Waals surface area contributed by atoms with Gasteiger partial charge in [0.1, 0.15) is 5.71 Å². The number of hydrogen-bond donors (Lipinski definition) is 0. The van der Waals surface area contributed by atoms with Gasteiger partial charge in [0.25, 0.3) is 0 Å². The molecule has 0 amide bonds. The van der Waals surface area contributed by atoms with Crippen molar-refractivity contribution in [2.45, 2.75) is 6.42 Å². The van der Waals surface area contributed by atoms with Gasteiger partial charge in [0.15, 0.2) is 0 Å². The van der Waals surface area contributed by atoms with Crippen LogP contribution in [-0.2, 0) is 4.84 Å². The molecular weight excluding hydrogens is 140 g/mol. The van der Waals surface area contributed by atoms with Gasteiger partial charge in [0, 0.05) is 12.6 Å². The van der Waals surface area contributed by atoms with Crippen molar-refractivity contribution in [2.75, 3.05) is 0 Å². The predicted octanol–water partition coefficient (Wildman–Crippen LogP) is 1.24. The van der Waals surface area contributed by atoms with Gasteiger partial charge in [-0.1, -0.05) is 11.2 Å². The molecule has 54 valence electrons. The number of pyridine rings is 1. The van der Waals surface area contributed by atoms with Gasteiger partial charge in [0.05, 0.1) is 5.69 Å². The van der Waals surface area contributed by atoms with Crippen LogP contribution in [0.3, 0.4) is 0 Å². The fraction of sp³-hybridized carbons (Fsp3) is 0.125. The van der Waals surface area contributed by atoms with Crippen LogP contribution in [0.25, 0.3) is 0 Å². The lowest BCUT2D eigenvalue weighted by Gasteiger charge is -1.92. The highest BCUT2D eigenvalue weighted by Crippen LogP contribution is 2.10. The van der Waals surface area contributed by atoms with Crippen molar-refractivity contribution in [3.8, 4) is 0 Å². The molecule has 0 bridgehead atoms. The van der Waals surface area contributed by atoms with Gasteiger partial charge in [0.2, 0.25) is 6.61 Å². The van der Waals surface area contributed by atoms with Crippen molar-refractivity contribution >= 4 is 5.71 Å². The van der Waals surface area contributed by atoms with E-state index in [1.165, 1.54) is 0 Å². The van der Waals surface area contributed by atoms with E-state index in [1.54, 1.807) is 6.20 Å². The second kappa shape index (κ2) is 2.70. The summed E-state index contributed by atoms with van der Waals surface area (Å²) in [5.74, 6) is 0. The summed E-state index contributed by atoms with van der Waals surface area (Å²) in [4.78, 5) is 8.72. The smallest absolute Gasteiger partial charge is 0.236 e. The number of nitrogens with zero attached hydrogens (tertiary/aromatic N) is 2. The van der Waals surface area contributed by atoms with E-state index in [1.807, 2.05) is 18.2 Å². The van der Waals surface area contributed by atoms with Crippen molar-refractivity contribution in [3.05, 3.63) is 36.7 Å². The Labute approximate surface area is 64.7 Å². The number of rotatable bonds is 1. The molecular formula is C8H6N2O. The molecule has 1 aromatic heterocycles. The lowest BCUT2D eigenvalue weighted by molar-refractivity contribution is 0.234. The van der Waals surface area contributed by atoms with Crippen LogP contribution in [0.5, 0.6) is 0 Å². The van der Waals surface area contributed by atoms with Crippen LogP contribution < -0.4 is 0 Å². The molecule has 1 aliphatic heterocycles. The summed E-state index contributed by atoms with van der Waals surface area (Å²) in [6.07, 6.45) is 2.35. The molecule has 0 unspecified atom stereocenters. The van der Waals surface area contributed by atoms with Crippen molar-refractivity contribution in [2.24, 2.45) is 5.16 Å². The minimum atomic E-state index is 0.622. The van der Waals surface area contributed by atoms with Gasteiger partial charge in [-0.2, -0.15) is 0 Å². The summed E-state index contributed by atoms with van der Waals surface area (Å²) >= 11 is 0. The molecule has 1 aromatic rings. The molecule has 3 heteroatoms. The summed E-state index contributed by atoms with van der Waals surface area (Å²) in [6, 6.07) is 5.69. The van der Waals surface area contributed by atoms with E-state index in [4.69, 9.17) is 0 Å². The van der Waals surface area contributed by atoms with Gasteiger partial charge < -0.3 is 4.84 Å². The lowest BCUT2D eigenvalue weighted by atomic mass is 10.2. The third-order valence-electron chi connectivity index (χ3n) is 1.42. The summed E-state index contributed by atoms with van der Waals surface area (Å²) in [7, 11) is 0. The second-order valence-electron chi connectivity index (χ2n) is 2.17. The summed E-state index contributed by atoms with van der Waals surface area (Å²) in [5.41, 5.74) is 1.70. The molecule has 0 N–H and O–H groups in total. The minimum absolute atomic E-state index is 0.622. The highest BCUT2D eigenvalue weighted by molar-refractivity contribution is 5.99. The van der Waals surface area contributed by atoms with Crippen LogP contribution in [0.15, 0.2) is 29.6 Å². The normalized spacial score (nSPS) is 15.8. The monoisotopic (exact) mass is 146 g/mol. The number of aromatic nitrogens is 1. The van der Waals surface area contributed by atoms with E-state index in [0.29, 0.717) is 6.42 Å². The van der Waals surface area contributed by atoms with Crippen molar-refractivity contribution in [3.63, 3.8) is 0 Å². The van der Waals surface area contributed by atoms with E-state index in [0.717, 1.165) is 11.4 Å². The quantitative estimate of drug-likeness (QED) is 0.597. The maximum absolute atomic E-state index is 4.61. The third kappa shape index (κ3) is 1.22. The fourth-order valence-electron chi connectivity index (χ4n) is 0.891. The van der Waals surface area contributed by atoms with E-state index >= 15 is 0 Å². The molecule has 0 atom stereocenters. The maximum atomic E-state index is 4.61. The highest BCUT2D eigenvalue weighted by atomic mass is 16.6. The van der Waals surface area contributed by atoms with Crippen molar-refractivity contribution in [1.82, 2.24) is 4.98 Å². The molecule has 0 saturated heterocycles. The first kappa shape index (κ1) is 6.34. The van der Waals surface area contributed by atoms with Gasteiger partial charge in [-0.15, -0.1) is 0 Å². The SMILES string of the molecule is [C]1CC(c2ccccn2)=NO1. The number of hydrogen-bond acceptors (Lipinski definition) is 3. The molecule has 0 aliphatic carbocycles. The Kier molecular flexibility index (Phi) is 1.55. The summed E-state index contributed by atoms with van der Waals surface area (Å²) < 4.78 is 0. The van der Waals surface area contributed by atoms with Crippen LogP contribution in [0.4, 0.5) is 0 Å². The molecule has 11 heavy (non-hydrogen) atoms. The largest absolute Gasteiger partial charge is 0.379 e. The minimum Gasteiger partial charge on any atom is -0.379 e. The van der Waals surface area contributed by atoms with Gasteiger partial charge in [-0.25, -0.2) is 0 Å². The molecule has 2 heterocycles. The van der Waals surface area contributed by atoms with Crippen LogP contribution in [0.1, 0.15) is 12.1 Å². The Hall–Kier alpha value is -1.38. The molecule has 0 aromatic carbocycles. The molecule has 2 rings (SSSR count). The van der Waals surface area contributed by atoms with E-state index in [2.05, 4.69) is 21.6 Å². The first-order valence-corrected chi connectivity index (χ1v) is 3.34. The Morgan fingerprint density at radius 1 is 1.45 bits per heavy atom. The number of oxime groups is 1. The van der Waals surface area contributed by atoms with Gasteiger partial charge in [-0.3, -0.25) is 4.98 Å². The highest BCUT2D eigenvalue weighted by Gasteiger charge is 2.12.